The van der Waals surface area contributed by atoms with Gasteiger partial charge in [-0.3, -0.25) is 4.57 Å². The Bertz CT molecular complexity index is 276. The molecule has 0 aliphatic carbocycles. The molecule has 0 saturated carbocycles. The van der Waals surface area contributed by atoms with Crippen LogP contribution < -0.4 is 0 Å². The standard InChI is InChI=1S/C7H15O8P/c8-1-3-5(9)7(11)6(10)4(15-3)2-16(12,13)14/h3-11H,1-2H2,(H2,12,13,14)/t3-,4+,5-,6+,7+/m1/s1. The lowest BCUT2D eigenvalue weighted by Gasteiger charge is -2.40. The van der Waals surface area contributed by atoms with E-state index in [1.807, 2.05) is 0 Å². The predicted octanol–water partition coefficient (Wildman–Crippen LogP) is -2.99. The van der Waals surface area contributed by atoms with Gasteiger partial charge in [-0.15, -0.1) is 0 Å². The van der Waals surface area contributed by atoms with Crippen molar-refractivity contribution in [2.24, 2.45) is 0 Å². The molecule has 16 heavy (non-hydrogen) atoms. The smallest absolute Gasteiger partial charge is 0.328 e. The Hall–Kier alpha value is -0.0500. The lowest BCUT2D eigenvalue weighted by atomic mass is 9.96. The summed E-state index contributed by atoms with van der Waals surface area (Å²) < 4.78 is 15.6. The van der Waals surface area contributed by atoms with E-state index in [9.17, 15) is 19.9 Å². The van der Waals surface area contributed by atoms with Gasteiger partial charge in [0.15, 0.2) is 0 Å². The molecular formula is C7H15O8P. The first-order valence-electron chi connectivity index (χ1n) is 4.61. The predicted molar refractivity (Wildman–Crippen MR) is 50.7 cm³/mol. The summed E-state index contributed by atoms with van der Waals surface area (Å²) in [5.74, 6) is 0. The molecule has 1 aliphatic rings. The van der Waals surface area contributed by atoms with Crippen LogP contribution in [-0.2, 0) is 9.30 Å². The minimum absolute atomic E-state index is 0.622. The van der Waals surface area contributed by atoms with Gasteiger partial charge in [0.1, 0.15) is 24.4 Å². The molecule has 1 fully saturated rings. The van der Waals surface area contributed by atoms with Gasteiger partial charge in [0.2, 0.25) is 0 Å². The number of aliphatic hydroxyl groups excluding tert-OH is 4. The van der Waals surface area contributed by atoms with Crippen molar-refractivity contribution in [1.82, 2.24) is 0 Å². The average molecular weight is 258 g/mol. The fourth-order valence-corrected chi connectivity index (χ4v) is 2.33. The van der Waals surface area contributed by atoms with E-state index in [0.717, 1.165) is 0 Å². The molecule has 9 heteroatoms. The Kier molecular flexibility index (Phi) is 4.44. The van der Waals surface area contributed by atoms with E-state index in [4.69, 9.17) is 19.6 Å². The monoisotopic (exact) mass is 258 g/mol. The molecule has 0 radical (unpaired) electrons. The van der Waals surface area contributed by atoms with Crippen LogP contribution in [0.5, 0.6) is 0 Å². The zero-order valence-electron chi connectivity index (χ0n) is 8.25. The zero-order valence-corrected chi connectivity index (χ0v) is 9.14. The minimum atomic E-state index is -4.41. The Morgan fingerprint density at radius 2 is 1.50 bits per heavy atom. The van der Waals surface area contributed by atoms with Gasteiger partial charge in [-0.25, -0.2) is 0 Å². The molecule has 1 rings (SSSR count). The zero-order chi connectivity index (χ0) is 12.5. The molecule has 8 nitrogen and oxygen atoms in total. The first-order chi connectivity index (χ1) is 7.26. The Labute approximate surface area is 91.3 Å². The van der Waals surface area contributed by atoms with Crippen LogP contribution in [-0.4, -0.2) is 73.5 Å². The summed E-state index contributed by atoms with van der Waals surface area (Å²) in [5, 5.41) is 36.9. The van der Waals surface area contributed by atoms with E-state index >= 15 is 0 Å². The van der Waals surface area contributed by atoms with E-state index < -0.39 is 50.9 Å². The average Bonchev–Trinajstić information content (AvgIpc) is 2.17. The summed E-state index contributed by atoms with van der Waals surface area (Å²) in [6.45, 7) is -0.622. The van der Waals surface area contributed by atoms with Crippen LogP contribution in [0.2, 0.25) is 0 Å². The van der Waals surface area contributed by atoms with E-state index in [2.05, 4.69) is 0 Å². The van der Waals surface area contributed by atoms with Gasteiger partial charge >= 0.3 is 7.60 Å². The number of rotatable bonds is 3. The quantitative estimate of drug-likeness (QED) is 0.293. The minimum Gasteiger partial charge on any atom is -0.394 e. The summed E-state index contributed by atoms with van der Waals surface area (Å²) >= 11 is 0. The summed E-state index contributed by atoms with van der Waals surface area (Å²) in [7, 11) is -4.41. The van der Waals surface area contributed by atoms with Gasteiger partial charge < -0.3 is 34.9 Å². The highest BCUT2D eigenvalue weighted by Gasteiger charge is 2.45. The summed E-state index contributed by atoms with van der Waals surface area (Å²) in [4.78, 5) is 17.4. The molecule has 0 aromatic rings. The van der Waals surface area contributed by atoms with Crippen molar-refractivity contribution < 1.29 is 39.5 Å². The Morgan fingerprint density at radius 3 is 1.94 bits per heavy atom. The van der Waals surface area contributed by atoms with Crippen LogP contribution >= 0.6 is 7.60 Å². The molecule has 1 saturated heterocycles. The fraction of sp³-hybridized carbons (Fsp3) is 1.00. The maximum absolute atomic E-state index is 10.7. The second-order valence-electron chi connectivity index (χ2n) is 3.71. The molecule has 0 aromatic heterocycles. The third-order valence-corrected chi connectivity index (χ3v) is 3.24. The summed E-state index contributed by atoms with van der Waals surface area (Å²) in [5.41, 5.74) is 0. The molecule has 0 spiro atoms. The molecule has 5 atom stereocenters. The number of hydrogen-bond acceptors (Lipinski definition) is 6. The van der Waals surface area contributed by atoms with E-state index in [0.29, 0.717) is 0 Å². The van der Waals surface area contributed by atoms with Gasteiger partial charge in [-0.2, -0.15) is 0 Å². The number of ether oxygens (including phenoxy) is 1. The second kappa shape index (κ2) is 5.07. The normalized spacial score (nSPS) is 41.0. The van der Waals surface area contributed by atoms with Crippen LogP contribution in [0, 0.1) is 0 Å². The molecule has 1 aliphatic heterocycles. The molecule has 0 unspecified atom stereocenters. The Balaban J connectivity index is 2.75. The van der Waals surface area contributed by atoms with Gasteiger partial charge in [0.05, 0.1) is 18.9 Å². The van der Waals surface area contributed by atoms with Crippen LogP contribution in [0.15, 0.2) is 0 Å². The molecule has 96 valence electrons. The van der Waals surface area contributed by atoms with Gasteiger partial charge in [-0.05, 0) is 0 Å². The molecule has 0 aromatic carbocycles. The topological polar surface area (TPSA) is 148 Å². The van der Waals surface area contributed by atoms with Gasteiger partial charge in [0.25, 0.3) is 0 Å². The van der Waals surface area contributed by atoms with Crippen LogP contribution in [0.25, 0.3) is 0 Å². The largest absolute Gasteiger partial charge is 0.394 e. The molecular weight excluding hydrogens is 243 g/mol. The number of aliphatic hydroxyl groups is 4. The molecule has 0 amide bonds. The SMILES string of the molecule is O=P(O)(O)C[C@@H]1O[C@H](CO)[C@@H](O)[C@H](O)[C@H]1O. The van der Waals surface area contributed by atoms with Crippen molar-refractivity contribution in [3.8, 4) is 0 Å². The van der Waals surface area contributed by atoms with Crippen LogP contribution in [0.3, 0.4) is 0 Å². The van der Waals surface area contributed by atoms with Gasteiger partial charge in [-0.1, -0.05) is 0 Å². The third-order valence-electron chi connectivity index (χ3n) is 2.41. The highest BCUT2D eigenvalue weighted by atomic mass is 31.2. The molecule has 6 N–H and O–H groups in total. The van der Waals surface area contributed by atoms with Gasteiger partial charge in [0, 0.05) is 0 Å². The fourth-order valence-electron chi connectivity index (χ4n) is 1.56. The molecule has 1 heterocycles. The van der Waals surface area contributed by atoms with Crippen molar-refractivity contribution in [3.63, 3.8) is 0 Å². The van der Waals surface area contributed by atoms with E-state index in [1.165, 1.54) is 0 Å². The van der Waals surface area contributed by atoms with Crippen molar-refractivity contribution in [1.29, 1.82) is 0 Å². The van der Waals surface area contributed by atoms with Crippen molar-refractivity contribution in [3.05, 3.63) is 0 Å². The maximum atomic E-state index is 10.7. The van der Waals surface area contributed by atoms with Crippen LogP contribution in [0.1, 0.15) is 0 Å². The summed E-state index contributed by atoms with van der Waals surface area (Å²) in [6.07, 6.45) is -7.98. The lowest BCUT2D eigenvalue weighted by Crippen LogP contribution is -2.59. The van der Waals surface area contributed by atoms with E-state index in [-0.39, 0.29) is 0 Å². The lowest BCUT2D eigenvalue weighted by molar-refractivity contribution is -0.223. The maximum Gasteiger partial charge on any atom is 0.328 e. The molecule has 0 bridgehead atoms. The first kappa shape index (κ1) is 14.0. The second-order valence-corrected chi connectivity index (χ2v) is 5.41. The highest BCUT2D eigenvalue weighted by Crippen LogP contribution is 2.38. The van der Waals surface area contributed by atoms with Crippen molar-refractivity contribution in [2.45, 2.75) is 30.5 Å². The van der Waals surface area contributed by atoms with E-state index in [1.54, 1.807) is 0 Å². The third kappa shape index (κ3) is 3.22. The Morgan fingerprint density at radius 1 is 1.00 bits per heavy atom. The summed E-state index contributed by atoms with van der Waals surface area (Å²) in [6, 6.07) is 0. The van der Waals surface area contributed by atoms with Crippen molar-refractivity contribution in [2.75, 3.05) is 12.8 Å². The number of hydrogen-bond donors (Lipinski definition) is 6. The highest BCUT2D eigenvalue weighted by molar-refractivity contribution is 7.51. The first-order valence-corrected chi connectivity index (χ1v) is 6.41. The van der Waals surface area contributed by atoms with Crippen molar-refractivity contribution >= 4 is 7.60 Å². The van der Waals surface area contributed by atoms with Crippen LogP contribution in [0.4, 0.5) is 0 Å².